The maximum Gasteiger partial charge on any atom is 0.131 e. The van der Waals surface area contributed by atoms with Gasteiger partial charge in [-0.3, -0.25) is 4.68 Å². The Morgan fingerprint density at radius 2 is 2.15 bits per heavy atom. The van der Waals surface area contributed by atoms with Crippen molar-refractivity contribution in [2.24, 2.45) is 7.05 Å². The number of alkyl halides is 1. The van der Waals surface area contributed by atoms with Crippen molar-refractivity contribution in [3.8, 4) is 5.75 Å². The first kappa shape index (κ1) is 15.4. The smallest absolute Gasteiger partial charge is 0.131 e. The molecule has 0 aliphatic rings. The Hall–Kier alpha value is -1.000. The number of benzene rings is 1. The van der Waals surface area contributed by atoms with Gasteiger partial charge in [0, 0.05) is 17.9 Å². The maximum absolute atomic E-state index is 6.32. The summed E-state index contributed by atoms with van der Waals surface area (Å²) in [5, 5.41) is 5.87. The monoisotopic (exact) mass is 356 g/mol. The van der Waals surface area contributed by atoms with Crippen LogP contribution in [0.5, 0.6) is 5.75 Å². The van der Waals surface area contributed by atoms with E-state index in [-0.39, 0.29) is 0 Å². The highest BCUT2D eigenvalue weighted by atomic mass is 79.9. The van der Waals surface area contributed by atoms with Gasteiger partial charge in [-0.15, -0.1) is 0 Å². The van der Waals surface area contributed by atoms with E-state index in [4.69, 9.17) is 16.3 Å². The van der Waals surface area contributed by atoms with Crippen LogP contribution in [0.15, 0.2) is 18.2 Å². The third-order valence-electron chi connectivity index (χ3n) is 3.23. The van der Waals surface area contributed by atoms with Gasteiger partial charge in [0.25, 0.3) is 0 Å². The minimum atomic E-state index is 0.422. The average Bonchev–Trinajstić information content (AvgIpc) is 2.72. The van der Waals surface area contributed by atoms with Crippen LogP contribution >= 0.6 is 27.5 Å². The van der Waals surface area contributed by atoms with Gasteiger partial charge in [-0.25, -0.2) is 0 Å². The Kier molecular flexibility index (Phi) is 5.11. The Morgan fingerprint density at radius 3 is 2.75 bits per heavy atom. The van der Waals surface area contributed by atoms with Gasteiger partial charge in [0.2, 0.25) is 0 Å². The number of aromatic nitrogens is 2. The van der Waals surface area contributed by atoms with E-state index in [9.17, 15) is 0 Å². The predicted molar refractivity (Wildman–Crippen MR) is 85.7 cm³/mol. The van der Waals surface area contributed by atoms with Crippen LogP contribution in [0.2, 0.25) is 5.02 Å². The molecule has 1 aromatic carbocycles. The van der Waals surface area contributed by atoms with Gasteiger partial charge < -0.3 is 4.74 Å². The lowest BCUT2D eigenvalue weighted by Crippen LogP contribution is -2.04. The molecule has 20 heavy (non-hydrogen) atoms. The number of ether oxygens (including phenoxy) is 1. The predicted octanol–water partition coefficient (Wildman–Crippen LogP) is 4.42. The summed E-state index contributed by atoms with van der Waals surface area (Å²) in [5.74, 6) is 0.878. The molecule has 0 amide bonds. The third kappa shape index (κ3) is 3.18. The van der Waals surface area contributed by atoms with Crippen molar-refractivity contribution in [2.75, 3.05) is 0 Å². The second kappa shape index (κ2) is 6.64. The van der Waals surface area contributed by atoms with E-state index in [1.807, 2.05) is 26.1 Å². The number of rotatable bonds is 5. The summed E-state index contributed by atoms with van der Waals surface area (Å²) >= 11 is 9.81. The van der Waals surface area contributed by atoms with Crippen molar-refractivity contribution in [1.82, 2.24) is 9.78 Å². The van der Waals surface area contributed by atoms with Crippen molar-refractivity contribution < 1.29 is 4.74 Å². The van der Waals surface area contributed by atoms with Crippen molar-refractivity contribution in [3.05, 3.63) is 45.7 Å². The SMILES string of the molecule is CCc1nn(C)c(COc2ccc(C)cc2CBr)c1Cl. The van der Waals surface area contributed by atoms with Crippen LogP contribution in [0.1, 0.15) is 29.4 Å². The Morgan fingerprint density at radius 1 is 1.40 bits per heavy atom. The minimum Gasteiger partial charge on any atom is -0.487 e. The van der Waals surface area contributed by atoms with Gasteiger partial charge in [0.1, 0.15) is 12.4 Å². The first-order valence-electron chi connectivity index (χ1n) is 6.55. The van der Waals surface area contributed by atoms with Gasteiger partial charge in [-0.05, 0) is 19.4 Å². The maximum atomic E-state index is 6.32. The lowest BCUT2D eigenvalue weighted by molar-refractivity contribution is 0.293. The first-order chi connectivity index (χ1) is 9.56. The van der Waals surface area contributed by atoms with Crippen LogP contribution in [0.3, 0.4) is 0 Å². The van der Waals surface area contributed by atoms with Crippen LogP contribution in [-0.2, 0) is 25.4 Å². The summed E-state index contributed by atoms with van der Waals surface area (Å²) in [6.07, 6.45) is 0.823. The fourth-order valence-electron chi connectivity index (χ4n) is 2.08. The van der Waals surface area contributed by atoms with Crippen LogP contribution < -0.4 is 4.74 Å². The zero-order valence-corrected chi connectivity index (χ0v) is 14.3. The molecule has 0 spiro atoms. The molecule has 0 unspecified atom stereocenters. The summed E-state index contributed by atoms with van der Waals surface area (Å²) in [7, 11) is 1.89. The number of halogens is 2. The summed E-state index contributed by atoms with van der Waals surface area (Å²) in [5.41, 5.74) is 4.18. The lowest BCUT2D eigenvalue weighted by atomic mass is 10.1. The molecule has 2 aromatic rings. The molecule has 0 fully saturated rings. The second-order valence-corrected chi connectivity index (χ2v) is 5.66. The molecule has 0 atom stereocenters. The molecular formula is C15H18BrClN2O. The van der Waals surface area contributed by atoms with E-state index >= 15 is 0 Å². The van der Waals surface area contributed by atoms with E-state index in [2.05, 4.69) is 34.0 Å². The zero-order chi connectivity index (χ0) is 14.7. The highest BCUT2D eigenvalue weighted by Gasteiger charge is 2.14. The van der Waals surface area contributed by atoms with Crippen molar-refractivity contribution in [1.29, 1.82) is 0 Å². The van der Waals surface area contributed by atoms with Gasteiger partial charge in [-0.2, -0.15) is 5.10 Å². The molecule has 5 heteroatoms. The van der Waals surface area contributed by atoms with Crippen molar-refractivity contribution in [3.63, 3.8) is 0 Å². The normalized spacial score (nSPS) is 10.8. The molecule has 0 radical (unpaired) electrons. The van der Waals surface area contributed by atoms with Crippen LogP contribution in [-0.4, -0.2) is 9.78 Å². The molecule has 0 bridgehead atoms. The molecule has 108 valence electrons. The molecule has 1 aromatic heterocycles. The van der Waals surface area contributed by atoms with Crippen molar-refractivity contribution >= 4 is 27.5 Å². The molecule has 0 N–H and O–H groups in total. The van der Waals surface area contributed by atoms with Gasteiger partial charge in [0.15, 0.2) is 0 Å². The fraction of sp³-hybridized carbons (Fsp3) is 0.400. The Balaban J connectivity index is 2.19. The molecule has 0 aliphatic heterocycles. The van der Waals surface area contributed by atoms with E-state index in [0.29, 0.717) is 11.6 Å². The summed E-state index contributed by atoms with van der Waals surface area (Å²) in [4.78, 5) is 0. The lowest BCUT2D eigenvalue weighted by Gasteiger charge is -2.11. The fourth-order valence-corrected chi connectivity index (χ4v) is 2.86. The van der Waals surface area contributed by atoms with E-state index < -0.39 is 0 Å². The highest BCUT2D eigenvalue weighted by molar-refractivity contribution is 9.08. The molecule has 1 heterocycles. The van der Waals surface area contributed by atoms with E-state index in [0.717, 1.165) is 34.5 Å². The average molecular weight is 358 g/mol. The molecule has 0 saturated heterocycles. The van der Waals surface area contributed by atoms with Gasteiger partial charge >= 0.3 is 0 Å². The first-order valence-corrected chi connectivity index (χ1v) is 8.05. The van der Waals surface area contributed by atoms with Crippen LogP contribution in [0, 0.1) is 6.92 Å². The molecular weight excluding hydrogens is 340 g/mol. The number of hydrogen-bond donors (Lipinski definition) is 0. The summed E-state index contributed by atoms with van der Waals surface area (Å²) in [6, 6.07) is 6.16. The second-order valence-electron chi connectivity index (χ2n) is 4.72. The van der Waals surface area contributed by atoms with Crippen LogP contribution in [0.25, 0.3) is 0 Å². The topological polar surface area (TPSA) is 27.1 Å². The van der Waals surface area contributed by atoms with Crippen molar-refractivity contribution in [2.45, 2.75) is 32.2 Å². The van der Waals surface area contributed by atoms with Gasteiger partial charge in [-0.1, -0.05) is 52.2 Å². The summed E-state index contributed by atoms with van der Waals surface area (Å²) in [6.45, 7) is 4.54. The molecule has 3 nitrogen and oxygen atoms in total. The van der Waals surface area contributed by atoms with Gasteiger partial charge in [0.05, 0.1) is 16.4 Å². The zero-order valence-electron chi connectivity index (χ0n) is 11.9. The minimum absolute atomic E-state index is 0.422. The van der Waals surface area contributed by atoms with Crippen LogP contribution in [0.4, 0.5) is 0 Å². The number of hydrogen-bond acceptors (Lipinski definition) is 2. The Bertz CT molecular complexity index is 610. The van der Waals surface area contributed by atoms with E-state index in [1.165, 1.54) is 5.56 Å². The Labute approximate surface area is 133 Å². The molecule has 2 rings (SSSR count). The molecule has 0 saturated carbocycles. The molecule has 0 aliphatic carbocycles. The largest absolute Gasteiger partial charge is 0.487 e. The number of aryl methyl sites for hydroxylation is 3. The number of nitrogens with zero attached hydrogens (tertiary/aromatic N) is 2. The quantitative estimate of drug-likeness (QED) is 0.741. The van der Waals surface area contributed by atoms with E-state index in [1.54, 1.807) is 4.68 Å². The highest BCUT2D eigenvalue weighted by Crippen LogP contribution is 2.26. The summed E-state index contributed by atoms with van der Waals surface area (Å²) < 4.78 is 7.71. The standard InChI is InChI=1S/C15H18BrClN2O/c1-4-12-15(17)13(19(3)18-12)9-20-14-6-5-10(2)7-11(14)8-16/h5-7H,4,8-9H2,1-3H3. The third-order valence-corrected chi connectivity index (χ3v) is 4.27.